The van der Waals surface area contributed by atoms with Crippen LogP contribution < -0.4 is 29.1 Å². The summed E-state index contributed by atoms with van der Waals surface area (Å²) in [6, 6.07) is 19.8. The number of nitriles is 1. The molecule has 4 aromatic rings. The number of methoxy groups -OCH3 is 1. The van der Waals surface area contributed by atoms with E-state index in [1.54, 1.807) is 50.7 Å². The average Bonchev–Trinajstić information content (AvgIpc) is 3.33. The molecule has 1 atom stereocenters. The fourth-order valence-corrected chi connectivity index (χ4v) is 6.94. The van der Waals surface area contributed by atoms with Crippen molar-refractivity contribution in [3.63, 3.8) is 0 Å². The van der Waals surface area contributed by atoms with Gasteiger partial charge < -0.3 is 18.9 Å². The maximum absolute atomic E-state index is 14.1. The van der Waals surface area contributed by atoms with Gasteiger partial charge in [0.1, 0.15) is 12.4 Å². The number of thiazole rings is 1. The van der Waals surface area contributed by atoms with Gasteiger partial charge in [-0.3, -0.25) is 9.36 Å². The molecule has 2 heterocycles. The van der Waals surface area contributed by atoms with Gasteiger partial charge >= 0.3 is 5.97 Å². The number of aromatic nitrogens is 1. The molecule has 0 saturated carbocycles. The summed E-state index contributed by atoms with van der Waals surface area (Å²) in [6.07, 6.45) is 1.44. The summed E-state index contributed by atoms with van der Waals surface area (Å²) in [5, 5.41) is 9.43. The van der Waals surface area contributed by atoms with Gasteiger partial charge in [0.2, 0.25) is 0 Å². The molecule has 3 aromatic carbocycles. The van der Waals surface area contributed by atoms with Gasteiger partial charge in [-0.05, 0) is 97.8 Å². The Morgan fingerprint density at radius 3 is 2.57 bits per heavy atom. The molecule has 1 aliphatic heterocycles. The Morgan fingerprint density at radius 1 is 1.15 bits per heavy atom. The molecular formula is C35H32IN3O6S. The minimum atomic E-state index is -0.734. The van der Waals surface area contributed by atoms with E-state index in [1.807, 2.05) is 55.5 Å². The van der Waals surface area contributed by atoms with Crippen molar-refractivity contribution in [3.8, 4) is 23.3 Å². The second kappa shape index (κ2) is 14.3. The number of carbonyl (C=O) groups is 1. The maximum atomic E-state index is 14.1. The van der Waals surface area contributed by atoms with Crippen LogP contribution in [0.3, 0.4) is 0 Å². The van der Waals surface area contributed by atoms with Crippen LogP contribution in [0.25, 0.3) is 6.08 Å². The van der Waals surface area contributed by atoms with E-state index in [0.717, 1.165) is 20.3 Å². The molecule has 236 valence electrons. The summed E-state index contributed by atoms with van der Waals surface area (Å²) in [6.45, 7) is 7.95. The Labute approximate surface area is 284 Å². The Morgan fingerprint density at radius 2 is 1.89 bits per heavy atom. The van der Waals surface area contributed by atoms with Gasteiger partial charge in [0.05, 0.1) is 56.9 Å². The molecular weight excluding hydrogens is 717 g/mol. The summed E-state index contributed by atoms with van der Waals surface area (Å²) >= 11 is 3.41. The maximum Gasteiger partial charge on any atom is 0.338 e. The lowest BCUT2D eigenvalue weighted by atomic mass is 9.96. The molecule has 1 aromatic heterocycles. The van der Waals surface area contributed by atoms with Crippen molar-refractivity contribution in [1.29, 1.82) is 5.26 Å². The number of benzene rings is 3. The van der Waals surface area contributed by atoms with Crippen molar-refractivity contribution in [2.24, 2.45) is 4.99 Å². The second-order valence-electron chi connectivity index (χ2n) is 10.6. The first-order valence-electron chi connectivity index (χ1n) is 14.6. The number of hydrogen-bond donors (Lipinski definition) is 0. The molecule has 0 amide bonds. The first-order valence-corrected chi connectivity index (χ1v) is 16.5. The zero-order valence-electron chi connectivity index (χ0n) is 26.0. The second-order valence-corrected chi connectivity index (χ2v) is 12.8. The quantitative estimate of drug-likeness (QED) is 0.152. The van der Waals surface area contributed by atoms with Gasteiger partial charge in [0.15, 0.2) is 16.3 Å². The van der Waals surface area contributed by atoms with E-state index in [2.05, 4.69) is 33.7 Å². The number of carbonyl (C=O) groups excluding carboxylic acids is 1. The number of ether oxygens (including phenoxy) is 4. The molecule has 0 unspecified atom stereocenters. The van der Waals surface area contributed by atoms with Gasteiger partial charge in [-0.1, -0.05) is 41.7 Å². The first-order chi connectivity index (χ1) is 22.1. The van der Waals surface area contributed by atoms with Crippen LogP contribution in [-0.4, -0.2) is 30.4 Å². The molecule has 0 saturated heterocycles. The van der Waals surface area contributed by atoms with Crippen molar-refractivity contribution < 1.29 is 23.7 Å². The zero-order valence-corrected chi connectivity index (χ0v) is 29.0. The van der Waals surface area contributed by atoms with Crippen molar-refractivity contribution in [3.05, 3.63) is 117 Å². The van der Waals surface area contributed by atoms with Crippen molar-refractivity contribution in [2.45, 2.75) is 46.4 Å². The number of hydrogen-bond acceptors (Lipinski definition) is 9. The number of rotatable bonds is 10. The van der Waals surface area contributed by atoms with E-state index >= 15 is 0 Å². The Kier molecular flexibility index (Phi) is 10.3. The molecule has 46 heavy (non-hydrogen) atoms. The van der Waals surface area contributed by atoms with Gasteiger partial charge in [0.25, 0.3) is 5.56 Å². The topological polar surface area (TPSA) is 112 Å². The third-order valence-corrected chi connectivity index (χ3v) is 8.93. The normalized spacial score (nSPS) is 14.4. The number of allylic oxidation sites excluding steroid dienone is 1. The molecule has 5 rings (SSSR count). The lowest BCUT2D eigenvalue weighted by Gasteiger charge is -2.25. The number of halogens is 1. The molecule has 11 heteroatoms. The third kappa shape index (κ3) is 6.88. The van der Waals surface area contributed by atoms with Gasteiger partial charge in [-0.25, -0.2) is 9.79 Å². The third-order valence-electron chi connectivity index (χ3n) is 7.15. The fourth-order valence-electron chi connectivity index (χ4n) is 5.11. The molecule has 0 N–H and O–H groups in total. The van der Waals surface area contributed by atoms with E-state index in [9.17, 15) is 14.9 Å². The van der Waals surface area contributed by atoms with Crippen molar-refractivity contribution in [2.75, 3.05) is 13.7 Å². The molecule has 0 aliphatic carbocycles. The number of fused-ring (bicyclic) bond motifs is 1. The molecule has 0 radical (unpaired) electrons. The Bertz CT molecular complexity index is 2040. The van der Waals surface area contributed by atoms with Crippen LogP contribution in [0.5, 0.6) is 17.2 Å². The molecule has 0 bridgehead atoms. The van der Waals surface area contributed by atoms with Gasteiger partial charge in [-0.2, -0.15) is 5.26 Å². The Balaban J connectivity index is 1.57. The van der Waals surface area contributed by atoms with Gasteiger partial charge in [0, 0.05) is 5.56 Å². The van der Waals surface area contributed by atoms with E-state index < -0.39 is 12.0 Å². The van der Waals surface area contributed by atoms with E-state index in [4.69, 9.17) is 18.9 Å². The highest BCUT2D eigenvalue weighted by Gasteiger charge is 2.34. The number of nitrogens with zero attached hydrogens (tertiary/aromatic N) is 3. The van der Waals surface area contributed by atoms with Crippen molar-refractivity contribution in [1.82, 2.24) is 4.57 Å². The van der Waals surface area contributed by atoms with Gasteiger partial charge in [-0.15, -0.1) is 0 Å². The minimum absolute atomic E-state index is 0.195. The van der Waals surface area contributed by atoms with Crippen LogP contribution in [0.4, 0.5) is 0 Å². The molecule has 0 spiro atoms. The van der Waals surface area contributed by atoms with Crippen LogP contribution >= 0.6 is 33.9 Å². The molecule has 9 nitrogen and oxygen atoms in total. The standard InChI is InChI=1S/C35H32IN3O6S/c1-6-43-26-13-11-23(12-14-26)31-30(34(41)45-20(2)3)21(4)38-35-39(31)33(40)29(46-35)17-22-15-27(36)32(28(16-22)42-5)44-19-25-10-8-7-9-24(25)18-37/h7-17,20,31H,6,19H2,1-5H3/b29-17+/t31-/m0/s1. The largest absolute Gasteiger partial charge is 0.494 e. The summed E-state index contributed by atoms with van der Waals surface area (Å²) in [5.41, 5.74) is 3.29. The summed E-state index contributed by atoms with van der Waals surface area (Å²) in [4.78, 5) is 32.6. The SMILES string of the molecule is CCOc1ccc([C@H]2C(C(=O)OC(C)C)=C(C)N=c3s/c(=C/c4cc(I)c(OCc5ccccc5C#N)c(OC)c4)c(=O)n32)cc1. The molecule has 1 aliphatic rings. The van der Waals surface area contributed by atoms with Crippen LogP contribution in [-0.2, 0) is 16.1 Å². The van der Waals surface area contributed by atoms with E-state index in [1.165, 1.54) is 11.3 Å². The summed E-state index contributed by atoms with van der Waals surface area (Å²) < 4.78 is 25.8. The lowest BCUT2D eigenvalue weighted by molar-refractivity contribution is -0.143. The lowest BCUT2D eigenvalue weighted by Crippen LogP contribution is -2.40. The first kappa shape index (κ1) is 33.0. The van der Waals surface area contributed by atoms with Crippen molar-refractivity contribution >= 4 is 46.0 Å². The predicted octanol–water partition coefficient (Wildman–Crippen LogP) is 5.65. The fraction of sp³-hybridized carbons (Fsp3) is 0.257. The highest BCUT2D eigenvalue weighted by Crippen LogP contribution is 2.35. The predicted molar refractivity (Wildman–Crippen MR) is 184 cm³/mol. The van der Waals surface area contributed by atoms with Crippen LogP contribution in [0.2, 0.25) is 0 Å². The number of esters is 1. The summed E-state index contributed by atoms with van der Waals surface area (Å²) in [5.74, 6) is 1.20. The minimum Gasteiger partial charge on any atom is -0.494 e. The zero-order chi connectivity index (χ0) is 33.0. The van der Waals surface area contributed by atoms with Crippen LogP contribution in [0.1, 0.15) is 56.0 Å². The van der Waals surface area contributed by atoms with E-state index in [-0.39, 0.29) is 18.3 Å². The Hall–Kier alpha value is -4.41. The van der Waals surface area contributed by atoms with Crippen LogP contribution in [0, 0.1) is 14.9 Å². The summed E-state index contributed by atoms with van der Waals surface area (Å²) in [7, 11) is 1.55. The monoisotopic (exact) mass is 749 g/mol. The van der Waals surface area contributed by atoms with Crippen LogP contribution in [0.15, 0.2) is 81.7 Å². The molecule has 0 fully saturated rings. The highest BCUT2D eigenvalue weighted by atomic mass is 127. The average molecular weight is 750 g/mol. The highest BCUT2D eigenvalue weighted by molar-refractivity contribution is 14.1. The smallest absolute Gasteiger partial charge is 0.338 e. The van der Waals surface area contributed by atoms with E-state index in [0.29, 0.717) is 50.0 Å².